The Hall–Kier alpha value is -2.63. The van der Waals surface area contributed by atoms with Crippen LogP contribution in [0, 0.1) is 6.92 Å². The molecule has 1 saturated heterocycles. The molecule has 138 valence electrons. The number of aromatic nitrogens is 2. The van der Waals surface area contributed by atoms with Crippen molar-refractivity contribution in [3.63, 3.8) is 0 Å². The Bertz CT molecular complexity index is 960. The third-order valence-corrected chi connectivity index (χ3v) is 4.98. The summed E-state index contributed by atoms with van der Waals surface area (Å²) in [5.41, 5.74) is 4.00. The van der Waals surface area contributed by atoms with E-state index in [2.05, 4.69) is 0 Å². The molecule has 1 aromatic heterocycles. The van der Waals surface area contributed by atoms with Crippen molar-refractivity contribution in [3.8, 4) is 16.9 Å². The van der Waals surface area contributed by atoms with Crippen LogP contribution in [0.3, 0.4) is 0 Å². The monoisotopic (exact) mass is 381 g/mol. The predicted molar refractivity (Wildman–Crippen MR) is 105 cm³/mol. The van der Waals surface area contributed by atoms with Crippen LogP contribution in [0.5, 0.6) is 0 Å². The third-order valence-electron chi connectivity index (χ3n) is 4.66. The van der Waals surface area contributed by atoms with Crippen molar-refractivity contribution in [2.75, 3.05) is 26.3 Å². The van der Waals surface area contributed by atoms with Crippen LogP contribution in [0.2, 0.25) is 5.02 Å². The van der Waals surface area contributed by atoms with Crippen molar-refractivity contribution < 1.29 is 9.53 Å². The fourth-order valence-electron chi connectivity index (χ4n) is 3.15. The Labute approximate surface area is 163 Å². The molecule has 0 atom stereocenters. The van der Waals surface area contributed by atoms with Gasteiger partial charge in [0, 0.05) is 18.7 Å². The molecule has 0 unspecified atom stereocenters. The minimum Gasteiger partial charge on any atom is -0.378 e. The first-order valence-corrected chi connectivity index (χ1v) is 9.30. The van der Waals surface area contributed by atoms with Gasteiger partial charge in [-0.15, -0.1) is 0 Å². The molecular weight excluding hydrogens is 362 g/mol. The summed E-state index contributed by atoms with van der Waals surface area (Å²) in [6, 6.07) is 17.3. The topological polar surface area (TPSA) is 47.4 Å². The molecule has 6 heteroatoms. The van der Waals surface area contributed by atoms with Gasteiger partial charge in [-0.1, -0.05) is 47.5 Å². The van der Waals surface area contributed by atoms with E-state index in [1.54, 1.807) is 4.68 Å². The molecule has 1 aliphatic rings. The molecule has 0 saturated carbocycles. The molecule has 27 heavy (non-hydrogen) atoms. The summed E-state index contributed by atoms with van der Waals surface area (Å²) in [4.78, 5) is 15.0. The van der Waals surface area contributed by atoms with Crippen LogP contribution in [-0.2, 0) is 4.74 Å². The average molecular weight is 382 g/mol. The highest BCUT2D eigenvalue weighted by Crippen LogP contribution is 2.28. The molecule has 4 rings (SSSR count). The Morgan fingerprint density at radius 1 is 1.07 bits per heavy atom. The summed E-state index contributed by atoms with van der Waals surface area (Å²) in [6.45, 7) is 4.31. The number of ether oxygens (including phenoxy) is 1. The van der Waals surface area contributed by atoms with Gasteiger partial charge in [0.1, 0.15) is 5.69 Å². The summed E-state index contributed by atoms with van der Waals surface area (Å²) < 4.78 is 7.07. The number of carbonyl (C=O) groups excluding carboxylic acids is 1. The standard InChI is InChI=1S/C21H20ClN3O2/c1-15-6-8-16(9-7-15)25-20(21(26)24-10-12-27-13-11-24)14-19(23-25)17-4-2-3-5-18(17)22/h2-9,14H,10-13H2,1H3. The normalized spacial score (nSPS) is 14.4. The molecule has 1 fully saturated rings. The maximum Gasteiger partial charge on any atom is 0.272 e. The number of hydrogen-bond acceptors (Lipinski definition) is 3. The van der Waals surface area contributed by atoms with E-state index >= 15 is 0 Å². The largest absolute Gasteiger partial charge is 0.378 e. The van der Waals surface area contributed by atoms with Crippen LogP contribution >= 0.6 is 11.6 Å². The lowest BCUT2D eigenvalue weighted by molar-refractivity contribution is 0.0297. The molecule has 3 aromatic rings. The van der Waals surface area contributed by atoms with E-state index in [0.717, 1.165) is 16.8 Å². The number of hydrogen-bond donors (Lipinski definition) is 0. The van der Waals surface area contributed by atoms with Gasteiger partial charge in [-0.2, -0.15) is 5.10 Å². The molecule has 2 heterocycles. The smallest absolute Gasteiger partial charge is 0.272 e. The minimum absolute atomic E-state index is 0.0512. The minimum atomic E-state index is -0.0512. The van der Waals surface area contributed by atoms with Crippen LogP contribution in [-0.4, -0.2) is 46.9 Å². The highest BCUT2D eigenvalue weighted by molar-refractivity contribution is 6.33. The number of morpholine rings is 1. The van der Waals surface area contributed by atoms with E-state index in [1.807, 2.05) is 66.4 Å². The Balaban J connectivity index is 1.81. The summed E-state index contributed by atoms with van der Waals surface area (Å²) >= 11 is 6.35. The van der Waals surface area contributed by atoms with Gasteiger partial charge in [-0.25, -0.2) is 4.68 Å². The molecule has 0 radical (unpaired) electrons. The summed E-state index contributed by atoms with van der Waals surface area (Å²) in [7, 11) is 0. The van der Waals surface area contributed by atoms with Crippen molar-refractivity contribution in [2.24, 2.45) is 0 Å². The second-order valence-corrected chi connectivity index (χ2v) is 6.95. The lowest BCUT2D eigenvalue weighted by Gasteiger charge is -2.26. The van der Waals surface area contributed by atoms with Gasteiger partial charge in [0.15, 0.2) is 0 Å². The zero-order valence-electron chi connectivity index (χ0n) is 15.1. The highest BCUT2D eigenvalue weighted by atomic mass is 35.5. The maximum absolute atomic E-state index is 13.2. The van der Waals surface area contributed by atoms with Crippen molar-refractivity contribution in [3.05, 3.63) is 70.9 Å². The third kappa shape index (κ3) is 3.61. The fourth-order valence-corrected chi connectivity index (χ4v) is 3.38. The van der Waals surface area contributed by atoms with E-state index in [4.69, 9.17) is 21.4 Å². The first kappa shape index (κ1) is 17.8. The van der Waals surface area contributed by atoms with Gasteiger partial charge in [-0.05, 0) is 31.2 Å². The second kappa shape index (κ2) is 7.55. The molecular formula is C21H20ClN3O2. The van der Waals surface area contributed by atoms with E-state index in [9.17, 15) is 4.79 Å². The quantitative estimate of drug-likeness (QED) is 0.689. The summed E-state index contributed by atoms with van der Waals surface area (Å²) in [5, 5.41) is 5.32. The van der Waals surface area contributed by atoms with Gasteiger partial charge < -0.3 is 9.64 Å². The molecule has 2 aromatic carbocycles. The number of benzene rings is 2. The Kier molecular flexibility index (Phi) is 4.97. The Morgan fingerprint density at radius 2 is 1.78 bits per heavy atom. The van der Waals surface area contributed by atoms with Crippen molar-refractivity contribution in [1.82, 2.24) is 14.7 Å². The number of carbonyl (C=O) groups is 1. The van der Waals surface area contributed by atoms with Crippen LogP contribution in [0.25, 0.3) is 16.9 Å². The summed E-state index contributed by atoms with van der Waals surface area (Å²) in [6.07, 6.45) is 0. The van der Waals surface area contributed by atoms with Gasteiger partial charge in [0.2, 0.25) is 0 Å². The molecule has 0 bridgehead atoms. The van der Waals surface area contributed by atoms with E-state index in [1.165, 1.54) is 0 Å². The molecule has 0 aliphatic carbocycles. The van der Waals surface area contributed by atoms with E-state index in [-0.39, 0.29) is 5.91 Å². The van der Waals surface area contributed by atoms with E-state index < -0.39 is 0 Å². The highest BCUT2D eigenvalue weighted by Gasteiger charge is 2.24. The molecule has 5 nitrogen and oxygen atoms in total. The lowest BCUT2D eigenvalue weighted by atomic mass is 10.1. The van der Waals surface area contributed by atoms with Crippen molar-refractivity contribution in [2.45, 2.75) is 6.92 Å². The average Bonchev–Trinajstić information content (AvgIpc) is 3.14. The second-order valence-electron chi connectivity index (χ2n) is 6.55. The molecule has 0 N–H and O–H groups in total. The lowest BCUT2D eigenvalue weighted by Crippen LogP contribution is -2.41. The van der Waals surface area contributed by atoms with Gasteiger partial charge in [0.25, 0.3) is 5.91 Å². The Morgan fingerprint density at radius 3 is 2.48 bits per heavy atom. The first-order chi connectivity index (χ1) is 13.1. The maximum atomic E-state index is 13.2. The number of nitrogens with zero attached hydrogens (tertiary/aromatic N) is 3. The van der Waals surface area contributed by atoms with Crippen molar-refractivity contribution in [1.29, 1.82) is 0 Å². The molecule has 1 amide bonds. The number of aryl methyl sites for hydroxylation is 1. The summed E-state index contributed by atoms with van der Waals surface area (Å²) in [5.74, 6) is -0.0512. The van der Waals surface area contributed by atoms with Gasteiger partial charge in [0.05, 0.1) is 29.6 Å². The SMILES string of the molecule is Cc1ccc(-n2nc(-c3ccccc3Cl)cc2C(=O)N2CCOCC2)cc1. The number of amides is 1. The predicted octanol–water partition coefficient (Wildman–Crippen LogP) is 3.97. The van der Waals surface area contributed by atoms with Gasteiger partial charge in [-0.3, -0.25) is 4.79 Å². The van der Waals surface area contributed by atoms with Crippen molar-refractivity contribution >= 4 is 17.5 Å². The zero-order valence-corrected chi connectivity index (χ0v) is 15.8. The van der Waals surface area contributed by atoms with Crippen LogP contribution < -0.4 is 0 Å². The molecule has 1 aliphatic heterocycles. The number of rotatable bonds is 3. The first-order valence-electron chi connectivity index (χ1n) is 8.92. The van der Waals surface area contributed by atoms with Crippen LogP contribution in [0.15, 0.2) is 54.6 Å². The zero-order chi connectivity index (χ0) is 18.8. The fraction of sp³-hybridized carbons (Fsp3) is 0.238. The van der Waals surface area contributed by atoms with E-state index in [0.29, 0.717) is 42.7 Å². The van der Waals surface area contributed by atoms with Crippen LogP contribution in [0.4, 0.5) is 0 Å². The number of halogens is 1. The van der Waals surface area contributed by atoms with Crippen LogP contribution in [0.1, 0.15) is 16.1 Å². The molecule has 0 spiro atoms. The van der Waals surface area contributed by atoms with Gasteiger partial charge >= 0.3 is 0 Å².